The zero-order chi connectivity index (χ0) is 17.3. The van der Waals surface area contributed by atoms with E-state index in [0.29, 0.717) is 28.1 Å². The molecule has 0 fully saturated rings. The van der Waals surface area contributed by atoms with E-state index < -0.39 is 0 Å². The molecule has 0 saturated heterocycles. The molecule has 0 aliphatic heterocycles. The summed E-state index contributed by atoms with van der Waals surface area (Å²) in [5.41, 5.74) is 1.85. The lowest BCUT2D eigenvalue weighted by atomic mass is 9.90. The molecule has 0 spiro atoms. The molecule has 1 aromatic carbocycles. The van der Waals surface area contributed by atoms with Crippen molar-refractivity contribution in [3.8, 4) is 11.5 Å². The summed E-state index contributed by atoms with van der Waals surface area (Å²) >= 11 is 7.68. The second-order valence-corrected chi connectivity index (χ2v) is 7.59. The van der Waals surface area contributed by atoms with Crippen LogP contribution in [0.25, 0.3) is 0 Å². The summed E-state index contributed by atoms with van der Waals surface area (Å²) in [4.78, 5) is 14.7. The molecule has 1 unspecified atom stereocenters. The largest absolute Gasteiger partial charge is 0.495 e. The minimum absolute atomic E-state index is 0.135. The summed E-state index contributed by atoms with van der Waals surface area (Å²) in [5.74, 6) is 1.55. The fourth-order valence-electron chi connectivity index (χ4n) is 2.96. The van der Waals surface area contributed by atoms with Gasteiger partial charge in [0.05, 0.1) is 29.8 Å². The number of methoxy groups -OCH3 is 2. The van der Waals surface area contributed by atoms with Crippen LogP contribution in [0.5, 0.6) is 11.5 Å². The normalized spacial score (nSPS) is 16.4. The smallest absolute Gasteiger partial charge is 0.265 e. The predicted octanol–water partition coefficient (Wildman–Crippen LogP) is 4.80. The molecule has 2 aromatic rings. The van der Waals surface area contributed by atoms with Crippen LogP contribution < -0.4 is 14.8 Å². The molecule has 1 aliphatic carbocycles. The number of aryl methyl sites for hydroxylation is 1. The summed E-state index contributed by atoms with van der Waals surface area (Å²) in [7, 11) is 3.08. The van der Waals surface area contributed by atoms with Gasteiger partial charge in [0.1, 0.15) is 11.5 Å². The summed E-state index contributed by atoms with van der Waals surface area (Å²) in [5, 5.41) is 3.35. The maximum atomic E-state index is 12.6. The van der Waals surface area contributed by atoms with Crippen molar-refractivity contribution in [1.82, 2.24) is 0 Å². The topological polar surface area (TPSA) is 47.6 Å². The Morgan fingerprint density at radius 2 is 2.00 bits per heavy atom. The second kappa shape index (κ2) is 7.03. The molecule has 1 aliphatic rings. The van der Waals surface area contributed by atoms with Crippen LogP contribution in [0.3, 0.4) is 0 Å². The molecule has 3 rings (SSSR count). The van der Waals surface area contributed by atoms with E-state index in [1.54, 1.807) is 30.6 Å². The highest BCUT2D eigenvalue weighted by atomic mass is 35.5. The zero-order valence-electron chi connectivity index (χ0n) is 13.9. The number of nitrogens with one attached hydrogen (secondary N) is 1. The number of anilines is 1. The van der Waals surface area contributed by atoms with Gasteiger partial charge in [0.25, 0.3) is 5.91 Å². The number of ether oxygens (including phenoxy) is 2. The first-order chi connectivity index (χ1) is 11.5. The van der Waals surface area contributed by atoms with E-state index in [9.17, 15) is 4.79 Å². The fraction of sp³-hybridized carbons (Fsp3) is 0.389. The number of amides is 1. The number of rotatable bonds is 4. The van der Waals surface area contributed by atoms with Gasteiger partial charge in [-0.2, -0.15) is 0 Å². The standard InChI is InChI=1S/C18H20ClNO3S/c1-10-4-5-16-11(6-10)7-17(24-16)18(21)20-13-9-14(22-2)12(19)8-15(13)23-3/h7-10H,4-6H2,1-3H3,(H,20,21). The molecule has 1 amide bonds. The van der Waals surface area contributed by atoms with E-state index in [1.807, 2.05) is 6.07 Å². The van der Waals surface area contributed by atoms with Crippen LogP contribution in [-0.4, -0.2) is 20.1 Å². The van der Waals surface area contributed by atoms with Gasteiger partial charge < -0.3 is 14.8 Å². The first-order valence-electron chi connectivity index (χ1n) is 7.86. The van der Waals surface area contributed by atoms with Crippen LogP contribution in [0.2, 0.25) is 5.02 Å². The monoisotopic (exact) mass is 365 g/mol. The third kappa shape index (κ3) is 3.37. The van der Waals surface area contributed by atoms with E-state index in [1.165, 1.54) is 24.0 Å². The zero-order valence-corrected chi connectivity index (χ0v) is 15.5. The first-order valence-corrected chi connectivity index (χ1v) is 9.05. The number of carbonyl (C=O) groups excluding carboxylic acids is 1. The van der Waals surface area contributed by atoms with E-state index in [4.69, 9.17) is 21.1 Å². The summed E-state index contributed by atoms with van der Waals surface area (Å²) < 4.78 is 10.5. The maximum absolute atomic E-state index is 12.6. The van der Waals surface area contributed by atoms with Crippen molar-refractivity contribution in [2.75, 3.05) is 19.5 Å². The predicted molar refractivity (Wildman–Crippen MR) is 98.0 cm³/mol. The van der Waals surface area contributed by atoms with Gasteiger partial charge in [-0.05, 0) is 36.8 Å². The van der Waals surface area contributed by atoms with Crippen LogP contribution in [-0.2, 0) is 12.8 Å². The Morgan fingerprint density at radius 1 is 1.25 bits per heavy atom. The lowest BCUT2D eigenvalue weighted by Gasteiger charge is -2.16. The minimum atomic E-state index is -0.135. The Morgan fingerprint density at radius 3 is 2.71 bits per heavy atom. The fourth-order valence-corrected chi connectivity index (χ4v) is 4.29. The molecular weight excluding hydrogens is 346 g/mol. The Kier molecular flexibility index (Phi) is 5.01. The Hall–Kier alpha value is -1.72. The van der Waals surface area contributed by atoms with Gasteiger partial charge >= 0.3 is 0 Å². The number of hydrogen-bond donors (Lipinski definition) is 1. The molecule has 6 heteroatoms. The van der Waals surface area contributed by atoms with Crippen LogP contribution >= 0.6 is 22.9 Å². The molecule has 0 radical (unpaired) electrons. The molecule has 0 bridgehead atoms. The summed E-state index contributed by atoms with van der Waals surface area (Å²) in [6, 6.07) is 5.33. The molecule has 0 saturated carbocycles. The Labute approximate surface area is 150 Å². The number of hydrogen-bond acceptors (Lipinski definition) is 4. The first kappa shape index (κ1) is 17.1. The lowest BCUT2D eigenvalue weighted by Crippen LogP contribution is -2.11. The highest BCUT2D eigenvalue weighted by Crippen LogP contribution is 2.37. The van der Waals surface area contributed by atoms with Crippen molar-refractivity contribution in [2.45, 2.75) is 26.2 Å². The molecule has 1 aromatic heterocycles. The molecule has 4 nitrogen and oxygen atoms in total. The van der Waals surface area contributed by atoms with Crippen LogP contribution in [0.4, 0.5) is 5.69 Å². The van der Waals surface area contributed by atoms with E-state index in [-0.39, 0.29) is 5.91 Å². The Balaban J connectivity index is 1.85. The Bertz CT molecular complexity index is 772. The third-order valence-electron chi connectivity index (χ3n) is 4.28. The van der Waals surface area contributed by atoms with Crippen LogP contribution in [0.1, 0.15) is 33.5 Å². The van der Waals surface area contributed by atoms with Crippen molar-refractivity contribution in [3.63, 3.8) is 0 Å². The number of carbonyl (C=O) groups is 1. The highest BCUT2D eigenvalue weighted by molar-refractivity contribution is 7.14. The van der Waals surface area contributed by atoms with Crippen molar-refractivity contribution >= 4 is 34.5 Å². The second-order valence-electron chi connectivity index (χ2n) is 6.05. The molecule has 1 atom stereocenters. The summed E-state index contributed by atoms with van der Waals surface area (Å²) in [6.45, 7) is 2.26. The molecule has 1 N–H and O–H groups in total. The molecule has 1 heterocycles. The van der Waals surface area contributed by atoms with E-state index >= 15 is 0 Å². The SMILES string of the molecule is COc1cc(NC(=O)c2cc3c(s2)CCC(C)C3)c(OC)cc1Cl. The van der Waals surface area contributed by atoms with Gasteiger partial charge in [0.2, 0.25) is 0 Å². The lowest BCUT2D eigenvalue weighted by molar-refractivity contribution is 0.103. The van der Waals surface area contributed by atoms with Gasteiger partial charge in [0.15, 0.2) is 0 Å². The number of benzene rings is 1. The van der Waals surface area contributed by atoms with Gasteiger partial charge in [0, 0.05) is 17.0 Å². The minimum Gasteiger partial charge on any atom is -0.495 e. The molecule has 24 heavy (non-hydrogen) atoms. The average Bonchev–Trinajstić information content (AvgIpc) is 2.99. The summed E-state index contributed by atoms with van der Waals surface area (Å²) in [6.07, 6.45) is 3.31. The number of thiophene rings is 1. The molecule has 128 valence electrons. The quantitative estimate of drug-likeness (QED) is 0.846. The number of fused-ring (bicyclic) bond motifs is 1. The van der Waals surface area contributed by atoms with Crippen molar-refractivity contribution < 1.29 is 14.3 Å². The van der Waals surface area contributed by atoms with E-state index in [2.05, 4.69) is 12.2 Å². The van der Waals surface area contributed by atoms with E-state index in [0.717, 1.165) is 17.7 Å². The van der Waals surface area contributed by atoms with Crippen molar-refractivity contribution in [2.24, 2.45) is 5.92 Å². The van der Waals surface area contributed by atoms with Gasteiger partial charge in [-0.25, -0.2) is 0 Å². The van der Waals surface area contributed by atoms with Crippen molar-refractivity contribution in [3.05, 3.63) is 38.5 Å². The van der Waals surface area contributed by atoms with Gasteiger partial charge in [-0.15, -0.1) is 11.3 Å². The average molecular weight is 366 g/mol. The van der Waals surface area contributed by atoms with Crippen molar-refractivity contribution in [1.29, 1.82) is 0 Å². The van der Waals surface area contributed by atoms with Crippen LogP contribution in [0.15, 0.2) is 18.2 Å². The third-order valence-corrected chi connectivity index (χ3v) is 5.81. The van der Waals surface area contributed by atoms with Gasteiger partial charge in [-0.3, -0.25) is 4.79 Å². The maximum Gasteiger partial charge on any atom is 0.265 e. The molecular formula is C18H20ClNO3S. The van der Waals surface area contributed by atoms with Gasteiger partial charge in [-0.1, -0.05) is 18.5 Å². The van der Waals surface area contributed by atoms with Crippen LogP contribution in [0, 0.1) is 5.92 Å². The number of halogens is 1. The highest BCUT2D eigenvalue weighted by Gasteiger charge is 2.21.